The largest absolute Gasteiger partial charge is 0.332 e. The molecule has 0 aliphatic heterocycles. The number of nitriles is 1. The summed E-state index contributed by atoms with van der Waals surface area (Å²) in [6, 6.07) is 6.00. The first-order valence-corrected chi connectivity index (χ1v) is 3.82. The van der Waals surface area contributed by atoms with E-state index in [4.69, 9.17) is 16.9 Å². The Morgan fingerprint density at radius 1 is 1.38 bits per heavy atom. The molecule has 1 rings (SSSR count). The van der Waals surface area contributed by atoms with Crippen LogP contribution in [0.5, 0.6) is 0 Å². The van der Waals surface area contributed by atoms with Gasteiger partial charge in [0.2, 0.25) is 0 Å². The fraction of sp³-hybridized carbons (Fsp3) is 0. The van der Waals surface area contributed by atoms with E-state index in [2.05, 4.69) is 5.32 Å². The molecule has 0 spiro atoms. The fourth-order valence-electron chi connectivity index (χ4n) is 0.746. The first kappa shape index (κ1) is 9.36. The van der Waals surface area contributed by atoms with E-state index in [1.807, 2.05) is 5.32 Å². The summed E-state index contributed by atoms with van der Waals surface area (Å²) >= 11 is 5.63. The Bertz CT molecular complexity index is 341. The number of benzene rings is 1. The molecule has 4 nitrogen and oxygen atoms in total. The number of urea groups is 1. The van der Waals surface area contributed by atoms with Gasteiger partial charge < -0.3 is 5.32 Å². The number of halogens is 1. The summed E-state index contributed by atoms with van der Waals surface area (Å²) in [5.41, 5.74) is 0.581. The van der Waals surface area contributed by atoms with E-state index in [1.54, 1.807) is 24.3 Å². The zero-order chi connectivity index (χ0) is 9.68. The fourth-order valence-corrected chi connectivity index (χ4v) is 0.872. The molecule has 0 heterocycles. The number of hydrogen-bond donors (Lipinski definition) is 2. The van der Waals surface area contributed by atoms with Crippen LogP contribution in [0.3, 0.4) is 0 Å². The lowest BCUT2D eigenvalue weighted by molar-refractivity contribution is 0.255. The van der Waals surface area contributed by atoms with Gasteiger partial charge in [-0.2, -0.15) is 5.26 Å². The first-order chi connectivity index (χ1) is 6.22. The second-order valence-corrected chi connectivity index (χ2v) is 2.63. The smallest absolute Gasteiger partial charge is 0.307 e. The molecule has 0 bridgehead atoms. The van der Waals surface area contributed by atoms with E-state index in [0.29, 0.717) is 10.7 Å². The van der Waals surface area contributed by atoms with Gasteiger partial charge in [-0.1, -0.05) is 11.6 Å². The maximum absolute atomic E-state index is 10.8. The number of anilines is 1. The normalized spacial score (nSPS) is 8.62. The topological polar surface area (TPSA) is 64.9 Å². The molecule has 0 atom stereocenters. The van der Waals surface area contributed by atoms with Gasteiger partial charge in [0.1, 0.15) is 0 Å². The van der Waals surface area contributed by atoms with Crippen LogP contribution < -0.4 is 10.6 Å². The highest BCUT2D eigenvalue weighted by Gasteiger charge is 1.98. The predicted molar refractivity (Wildman–Crippen MR) is 49.2 cm³/mol. The number of amides is 2. The summed E-state index contributed by atoms with van der Waals surface area (Å²) < 4.78 is 0. The van der Waals surface area contributed by atoms with Crippen LogP contribution in [-0.2, 0) is 0 Å². The van der Waals surface area contributed by atoms with Gasteiger partial charge in [0.05, 0.1) is 0 Å². The van der Waals surface area contributed by atoms with E-state index in [-0.39, 0.29) is 0 Å². The van der Waals surface area contributed by atoms with Gasteiger partial charge in [0.15, 0.2) is 6.19 Å². The van der Waals surface area contributed by atoms with Crippen molar-refractivity contribution in [3.63, 3.8) is 0 Å². The number of hydrogen-bond acceptors (Lipinski definition) is 2. The van der Waals surface area contributed by atoms with Gasteiger partial charge in [0.25, 0.3) is 0 Å². The monoisotopic (exact) mass is 195 g/mol. The lowest BCUT2D eigenvalue weighted by Gasteiger charge is -2.01. The van der Waals surface area contributed by atoms with Crippen LogP contribution >= 0.6 is 11.6 Å². The van der Waals surface area contributed by atoms with Crippen molar-refractivity contribution < 1.29 is 4.79 Å². The van der Waals surface area contributed by atoms with Crippen LogP contribution in [0.1, 0.15) is 0 Å². The minimum Gasteiger partial charge on any atom is -0.307 e. The molecular weight excluding hydrogens is 190 g/mol. The number of carbonyl (C=O) groups is 1. The molecule has 0 saturated heterocycles. The molecule has 0 unspecified atom stereocenters. The summed E-state index contributed by atoms with van der Waals surface area (Å²) in [4.78, 5) is 10.8. The quantitative estimate of drug-likeness (QED) is 0.531. The summed E-state index contributed by atoms with van der Waals surface area (Å²) in [6.07, 6.45) is 1.51. The van der Waals surface area contributed by atoms with E-state index in [0.717, 1.165) is 0 Å². The number of carbonyl (C=O) groups excluding carboxylic acids is 1. The Labute approximate surface area is 80.1 Å². The third kappa shape index (κ3) is 3.01. The summed E-state index contributed by atoms with van der Waals surface area (Å²) in [6.45, 7) is 0. The van der Waals surface area contributed by atoms with Crippen LogP contribution in [0, 0.1) is 11.5 Å². The second kappa shape index (κ2) is 4.33. The van der Waals surface area contributed by atoms with Crippen molar-refractivity contribution in [2.75, 3.05) is 5.32 Å². The third-order valence-corrected chi connectivity index (χ3v) is 1.52. The summed E-state index contributed by atoms with van der Waals surface area (Å²) in [5.74, 6) is 0. The van der Waals surface area contributed by atoms with Crippen LogP contribution in [0.4, 0.5) is 10.5 Å². The molecule has 66 valence electrons. The molecule has 1 aromatic carbocycles. The standard InChI is InChI=1S/C8H6ClN3O/c9-6-1-3-7(4-2-6)12-8(13)11-5-10/h1-4H,(H2,11,12,13). The molecule has 0 radical (unpaired) electrons. The zero-order valence-corrected chi connectivity index (χ0v) is 7.30. The highest BCUT2D eigenvalue weighted by molar-refractivity contribution is 6.30. The van der Waals surface area contributed by atoms with Gasteiger partial charge in [-0.05, 0) is 24.3 Å². The van der Waals surface area contributed by atoms with Crippen LogP contribution in [0.15, 0.2) is 24.3 Å². The van der Waals surface area contributed by atoms with E-state index >= 15 is 0 Å². The molecule has 0 saturated carbocycles. The average molecular weight is 196 g/mol. The Morgan fingerprint density at radius 2 is 2.00 bits per heavy atom. The maximum Gasteiger partial charge on any atom is 0.332 e. The minimum absolute atomic E-state index is 0.565. The summed E-state index contributed by atoms with van der Waals surface area (Å²) in [7, 11) is 0. The van der Waals surface area contributed by atoms with Crippen molar-refractivity contribution in [1.82, 2.24) is 5.32 Å². The third-order valence-electron chi connectivity index (χ3n) is 1.27. The van der Waals surface area contributed by atoms with Crippen molar-refractivity contribution in [1.29, 1.82) is 5.26 Å². The summed E-state index contributed by atoms with van der Waals surface area (Å²) in [5, 5.41) is 13.1. The molecule has 2 N–H and O–H groups in total. The Kier molecular flexibility index (Phi) is 3.12. The first-order valence-electron chi connectivity index (χ1n) is 3.44. The predicted octanol–water partition coefficient (Wildman–Crippen LogP) is 1.94. The Balaban J connectivity index is 2.60. The molecule has 1 aromatic rings. The average Bonchev–Trinajstić information content (AvgIpc) is 2.09. The van der Waals surface area contributed by atoms with Crippen LogP contribution in [0.2, 0.25) is 5.02 Å². The minimum atomic E-state index is -0.565. The lowest BCUT2D eigenvalue weighted by Crippen LogP contribution is -2.23. The second-order valence-electron chi connectivity index (χ2n) is 2.20. The van der Waals surface area contributed by atoms with Gasteiger partial charge in [-0.3, -0.25) is 0 Å². The van der Waals surface area contributed by atoms with Gasteiger partial charge in [-0.15, -0.1) is 0 Å². The van der Waals surface area contributed by atoms with Crippen molar-refractivity contribution in [2.24, 2.45) is 0 Å². The van der Waals surface area contributed by atoms with Gasteiger partial charge >= 0.3 is 6.03 Å². The molecule has 0 fully saturated rings. The van der Waals surface area contributed by atoms with E-state index in [1.165, 1.54) is 6.19 Å². The van der Waals surface area contributed by atoms with Crippen molar-refractivity contribution in [3.8, 4) is 6.19 Å². The molecular formula is C8H6ClN3O. The highest BCUT2D eigenvalue weighted by Crippen LogP contribution is 2.12. The van der Waals surface area contributed by atoms with Crippen molar-refractivity contribution in [2.45, 2.75) is 0 Å². The van der Waals surface area contributed by atoms with Crippen LogP contribution in [0.25, 0.3) is 0 Å². The molecule has 0 aliphatic carbocycles. The van der Waals surface area contributed by atoms with Crippen LogP contribution in [-0.4, -0.2) is 6.03 Å². The number of nitrogens with one attached hydrogen (secondary N) is 2. The number of nitrogens with zero attached hydrogens (tertiary/aromatic N) is 1. The van der Waals surface area contributed by atoms with Crippen molar-refractivity contribution in [3.05, 3.63) is 29.3 Å². The SMILES string of the molecule is N#CNC(=O)Nc1ccc(Cl)cc1. The molecule has 0 aliphatic rings. The van der Waals surface area contributed by atoms with E-state index in [9.17, 15) is 4.79 Å². The molecule has 13 heavy (non-hydrogen) atoms. The lowest BCUT2D eigenvalue weighted by atomic mass is 10.3. The van der Waals surface area contributed by atoms with Crippen molar-refractivity contribution >= 4 is 23.3 Å². The number of rotatable bonds is 1. The van der Waals surface area contributed by atoms with Gasteiger partial charge in [0, 0.05) is 10.7 Å². The molecule has 5 heteroatoms. The Hall–Kier alpha value is -1.73. The van der Waals surface area contributed by atoms with E-state index < -0.39 is 6.03 Å². The highest BCUT2D eigenvalue weighted by atomic mass is 35.5. The molecule has 0 aromatic heterocycles. The van der Waals surface area contributed by atoms with Gasteiger partial charge in [-0.25, -0.2) is 10.1 Å². The zero-order valence-electron chi connectivity index (χ0n) is 6.54. The Morgan fingerprint density at radius 3 is 2.54 bits per heavy atom. The maximum atomic E-state index is 10.8. The molecule has 2 amide bonds.